The molecule has 0 unspecified atom stereocenters. The monoisotopic (exact) mass is 429 g/mol. The van der Waals surface area contributed by atoms with E-state index in [0.717, 1.165) is 20.8 Å². The minimum Gasteiger partial charge on any atom is -0.479 e. The molecule has 0 radical (unpaired) electrons. The van der Waals surface area contributed by atoms with E-state index in [1.807, 2.05) is 0 Å². The number of hydrogen-bond donors (Lipinski definition) is 1. The van der Waals surface area contributed by atoms with Crippen molar-refractivity contribution in [1.82, 2.24) is 15.1 Å². The van der Waals surface area contributed by atoms with Gasteiger partial charge in [-0.2, -0.15) is 13.2 Å². The number of thiocarbonyl (C=S) groups is 1. The number of hydrogen-bond acceptors (Lipinski definition) is 7. The molecule has 0 aromatic carbocycles. The van der Waals surface area contributed by atoms with Crippen LogP contribution in [0.4, 0.5) is 18.0 Å². The van der Waals surface area contributed by atoms with E-state index in [1.165, 1.54) is 0 Å². The third-order valence-corrected chi connectivity index (χ3v) is 4.92. The average molecular weight is 429 g/mol. The summed E-state index contributed by atoms with van der Waals surface area (Å²) in [7, 11) is 0. The average Bonchev–Trinajstić information content (AvgIpc) is 2.75. The van der Waals surface area contributed by atoms with Gasteiger partial charge in [-0.3, -0.25) is 19.3 Å². The maximum atomic E-state index is 13.6. The zero-order valence-corrected chi connectivity index (χ0v) is 16.5. The number of carbonyl (C=O) groups excluding carboxylic acids is 4. The lowest BCUT2D eigenvalue weighted by Crippen LogP contribution is -2.60. The van der Waals surface area contributed by atoms with Crippen molar-refractivity contribution in [2.24, 2.45) is 0 Å². The number of amides is 5. The Morgan fingerprint density at radius 1 is 1.22 bits per heavy atom. The molecule has 13 heteroatoms. The fourth-order valence-corrected chi connectivity index (χ4v) is 4.12. The molecule has 1 fully saturated rings. The molecule has 0 bridgehead atoms. The van der Waals surface area contributed by atoms with Gasteiger partial charge < -0.3 is 10.1 Å². The van der Waals surface area contributed by atoms with Gasteiger partial charge in [0.05, 0.1) is 6.61 Å². The van der Waals surface area contributed by atoms with Crippen LogP contribution in [0.3, 0.4) is 0 Å². The lowest BCUT2D eigenvalue weighted by molar-refractivity contribution is -0.172. The maximum absolute atomic E-state index is 13.6. The summed E-state index contributed by atoms with van der Waals surface area (Å²) < 4.78 is 45.8. The second-order valence-corrected chi connectivity index (χ2v) is 7.18. The molecule has 3 atom stereocenters. The first-order valence-electron chi connectivity index (χ1n) is 7.63. The Labute approximate surface area is 162 Å². The molecule has 1 rings (SSSR count). The topological polar surface area (TPSA) is 96.0 Å². The SMILES string of the molecule is CCOC(=S)S[C@H]1[C@H]([C@@H](NC(C)=O)C(F)(F)F)N(C(C)=O)C(=O)N1C(C)=O. The normalized spacial score (nSPS) is 21.1. The van der Waals surface area contributed by atoms with Crippen LogP contribution >= 0.6 is 24.0 Å². The standard InChI is InChI=1S/C14H18F3N3O5S2/c1-5-25-13(26)27-11-9(10(14(15,16)17)18-6(2)21)19(7(3)22)12(24)20(11)8(4)23/h9-11H,5H2,1-4H3,(H,18,21)/t9-,10+,11-/m0/s1. The van der Waals surface area contributed by atoms with E-state index in [4.69, 9.17) is 17.0 Å². The second-order valence-electron chi connectivity index (χ2n) is 5.46. The number of halogens is 3. The van der Waals surface area contributed by atoms with E-state index in [9.17, 15) is 32.3 Å². The molecule has 0 saturated carbocycles. The van der Waals surface area contributed by atoms with Gasteiger partial charge in [0.1, 0.15) is 17.5 Å². The zero-order valence-electron chi connectivity index (χ0n) is 14.8. The van der Waals surface area contributed by atoms with E-state index in [0.29, 0.717) is 21.6 Å². The number of carbonyl (C=O) groups is 4. The van der Waals surface area contributed by atoms with Crippen molar-refractivity contribution in [2.75, 3.05) is 6.61 Å². The predicted molar refractivity (Wildman–Crippen MR) is 93.5 cm³/mol. The highest BCUT2D eigenvalue weighted by molar-refractivity contribution is 8.23. The van der Waals surface area contributed by atoms with Crippen LogP contribution in [0.25, 0.3) is 0 Å². The number of urea groups is 1. The largest absolute Gasteiger partial charge is 0.479 e. The van der Waals surface area contributed by atoms with Crippen molar-refractivity contribution in [3.05, 3.63) is 0 Å². The van der Waals surface area contributed by atoms with Crippen LogP contribution in [0, 0.1) is 0 Å². The van der Waals surface area contributed by atoms with Crippen molar-refractivity contribution in [1.29, 1.82) is 0 Å². The molecule has 0 aromatic heterocycles. The quantitative estimate of drug-likeness (QED) is 0.679. The highest BCUT2D eigenvalue weighted by Gasteiger charge is 2.60. The molecule has 1 aliphatic rings. The molecule has 1 aliphatic heterocycles. The number of rotatable bonds is 4. The van der Waals surface area contributed by atoms with Gasteiger partial charge in [0.25, 0.3) is 0 Å². The van der Waals surface area contributed by atoms with E-state index in [2.05, 4.69) is 0 Å². The minimum absolute atomic E-state index is 0.113. The summed E-state index contributed by atoms with van der Waals surface area (Å²) in [5.41, 5.74) is 0. The lowest BCUT2D eigenvalue weighted by Gasteiger charge is -2.33. The third-order valence-electron chi connectivity index (χ3n) is 3.47. The van der Waals surface area contributed by atoms with Crippen LogP contribution in [-0.4, -0.2) is 68.2 Å². The summed E-state index contributed by atoms with van der Waals surface area (Å²) in [6, 6.07) is -5.75. The highest BCUT2D eigenvalue weighted by atomic mass is 32.2. The first-order valence-corrected chi connectivity index (χ1v) is 8.92. The molecule has 1 N–H and O–H groups in total. The molecule has 0 aliphatic carbocycles. The van der Waals surface area contributed by atoms with Crippen LogP contribution in [0.1, 0.15) is 27.7 Å². The first-order chi connectivity index (χ1) is 12.3. The Bertz CT molecular complexity index is 658. The zero-order chi connectivity index (χ0) is 21.1. The number of alkyl halides is 3. The third kappa shape index (κ3) is 5.31. The van der Waals surface area contributed by atoms with Crippen molar-refractivity contribution in [3.8, 4) is 0 Å². The van der Waals surface area contributed by atoms with Gasteiger partial charge in [-0.05, 0) is 30.9 Å². The molecule has 1 heterocycles. The molecule has 0 spiro atoms. The molecule has 152 valence electrons. The van der Waals surface area contributed by atoms with Crippen LogP contribution in [0.5, 0.6) is 0 Å². The lowest BCUT2D eigenvalue weighted by atomic mass is 10.1. The van der Waals surface area contributed by atoms with Gasteiger partial charge in [0.15, 0.2) is 0 Å². The van der Waals surface area contributed by atoms with Gasteiger partial charge >= 0.3 is 12.2 Å². The first kappa shape index (κ1) is 23.1. The summed E-state index contributed by atoms with van der Waals surface area (Å²) >= 11 is 5.43. The second kappa shape index (κ2) is 8.87. The van der Waals surface area contributed by atoms with E-state index < -0.39 is 47.4 Å². The molecule has 5 amide bonds. The van der Waals surface area contributed by atoms with Gasteiger partial charge in [0, 0.05) is 20.8 Å². The fourth-order valence-electron chi connectivity index (χ4n) is 2.56. The van der Waals surface area contributed by atoms with Gasteiger partial charge in [-0.25, -0.2) is 9.69 Å². The number of nitrogens with one attached hydrogen (secondary N) is 1. The fraction of sp³-hybridized carbons (Fsp3) is 0.643. The molecule has 27 heavy (non-hydrogen) atoms. The molecule has 0 aromatic rings. The number of ether oxygens (including phenoxy) is 1. The smallest absolute Gasteiger partial charge is 0.410 e. The molecular formula is C14H18F3N3O5S2. The highest BCUT2D eigenvalue weighted by Crippen LogP contribution is 2.38. The summed E-state index contributed by atoms with van der Waals surface area (Å²) in [4.78, 5) is 48.5. The Kier molecular flexibility index (Phi) is 7.60. The van der Waals surface area contributed by atoms with Gasteiger partial charge in [0.2, 0.25) is 22.1 Å². The Morgan fingerprint density at radius 2 is 1.74 bits per heavy atom. The summed E-state index contributed by atoms with van der Waals surface area (Å²) in [5, 5.41) is 0.185. The number of imide groups is 2. The van der Waals surface area contributed by atoms with E-state index in [1.54, 1.807) is 12.2 Å². The number of thioether (sulfide) groups is 1. The van der Waals surface area contributed by atoms with Crippen LogP contribution in [0.2, 0.25) is 0 Å². The van der Waals surface area contributed by atoms with Crippen LogP contribution < -0.4 is 5.32 Å². The summed E-state index contributed by atoms with van der Waals surface area (Å²) in [6.07, 6.45) is -5.01. The molecule has 1 saturated heterocycles. The van der Waals surface area contributed by atoms with Crippen molar-refractivity contribution < 1.29 is 37.1 Å². The Hall–Kier alpha value is -1.89. The van der Waals surface area contributed by atoms with Crippen molar-refractivity contribution in [2.45, 2.75) is 51.3 Å². The Morgan fingerprint density at radius 3 is 2.11 bits per heavy atom. The summed E-state index contributed by atoms with van der Waals surface area (Å²) in [5.74, 6) is -2.92. The van der Waals surface area contributed by atoms with Crippen molar-refractivity contribution >= 4 is 52.1 Å². The van der Waals surface area contributed by atoms with Gasteiger partial charge in [-0.15, -0.1) is 0 Å². The van der Waals surface area contributed by atoms with Crippen molar-refractivity contribution in [3.63, 3.8) is 0 Å². The maximum Gasteiger partial charge on any atom is 0.410 e. The number of nitrogens with zero attached hydrogens (tertiary/aromatic N) is 2. The predicted octanol–water partition coefficient (Wildman–Crippen LogP) is 1.63. The van der Waals surface area contributed by atoms with Crippen LogP contribution in [-0.2, 0) is 19.1 Å². The Balaban J connectivity index is 3.53. The van der Waals surface area contributed by atoms with Crippen LogP contribution in [0.15, 0.2) is 0 Å². The van der Waals surface area contributed by atoms with E-state index >= 15 is 0 Å². The molecular weight excluding hydrogens is 411 g/mol. The summed E-state index contributed by atoms with van der Waals surface area (Å²) in [6.45, 7) is 4.42. The van der Waals surface area contributed by atoms with Gasteiger partial charge in [-0.1, -0.05) is 0 Å². The van der Waals surface area contributed by atoms with E-state index in [-0.39, 0.29) is 11.0 Å². The molecule has 8 nitrogen and oxygen atoms in total. The minimum atomic E-state index is -5.01.